The molecule has 0 saturated heterocycles. The van der Waals surface area contributed by atoms with Crippen molar-refractivity contribution in [2.75, 3.05) is 17.4 Å². The number of hydrazine groups is 1. The van der Waals surface area contributed by atoms with E-state index in [0.29, 0.717) is 21.9 Å². The SMILES string of the molecule is CN(c1nc(NN)c(Cl)cc1Cl)C1CC1. The molecule has 3 N–H and O–H groups in total. The lowest BCUT2D eigenvalue weighted by atomic mass is 10.4. The minimum Gasteiger partial charge on any atom is -0.355 e. The summed E-state index contributed by atoms with van der Waals surface area (Å²) in [6, 6.07) is 2.20. The first-order valence-electron chi connectivity index (χ1n) is 4.69. The summed E-state index contributed by atoms with van der Waals surface area (Å²) >= 11 is 12.0. The third-order valence-electron chi connectivity index (χ3n) is 2.48. The quantitative estimate of drug-likeness (QED) is 0.635. The fourth-order valence-corrected chi connectivity index (χ4v) is 1.99. The Labute approximate surface area is 98.3 Å². The molecule has 1 heterocycles. The Hall–Kier alpha value is -0.710. The van der Waals surface area contributed by atoms with Gasteiger partial charge in [-0.05, 0) is 18.9 Å². The van der Waals surface area contributed by atoms with E-state index in [2.05, 4.69) is 15.3 Å². The Bertz CT molecular complexity index is 379. The molecule has 0 radical (unpaired) electrons. The number of nitrogens with one attached hydrogen (secondary N) is 1. The highest BCUT2D eigenvalue weighted by molar-refractivity contribution is 6.37. The Morgan fingerprint density at radius 3 is 2.67 bits per heavy atom. The number of aromatic nitrogens is 1. The number of anilines is 2. The van der Waals surface area contributed by atoms with Crippen molar-refractivity contribution >= 4 is 34.8 Å². The molecule has 1 saturated carbocycles. The number of hydrogen-bond donors (Lipinski definition) is 2. The maximum absolute atomic E-state index is 6.07. The standard InChI is InChI=1S/C9H12Cl2N4/c1-15(5-2-3-5)9-7(11)4-6(10)8(13-9)14-12/h4-5H,2-3,12H2,1H3,(H,13,14). The van der Waals surface area contributed by atoms with Crippen LogP contribution in [0.3, 0.4) is 0 Å². The second-order valence-electron chi connectivity index (χ2n) is 3.61. The maximum atomic E-state index is 6.07. The van der Waals surface area contributed by atoms with Gasteiger partial charge in [-0.25, -0.2) is 10.8 Å². The molecule has 0 spiro atoms. The zero-order valence-electron chi connectivity index (χ0n) is 8.30. The Morgan fingerprint density at radius 1 is 1.47 bits per heavy atom. The number of hydrogen-bond acceptors (Lipinski definition) is 4. The molecule has 1 aromatic rings. The number of nitrogen functional groups attached to an aromatic ring is 1. The van der Waals surface area contributed by atoms with Gasteiger partial charge in [-0.2, -0.15) is 0 Å². The van der Waals surface area contributed by atoms with E-state index in [9.17, 15) is 0 Å². The predicted molar refractivity (Wildman–Crippen MR) is 63.5 cm³/mol. The summed E-state index contributed by atoms with van der Waals surface area (Å²) in [5.41, 5.74) is 2.45. The van der Waals surface area contributed by atoms with E-state index in [0.717, 1.165) is 5.82 Å². The van der Waals surface area contributed by atoms with Gasteiger partial charge in [0.15, 0.2) is 5.82 Å². The predicted octanol–water partition coefficient (Wildman–Crippen LogP) is 2.27. The van der Waals surface area contributed by atoms with Gasteiger partial charge < -0.3 is 10.3 Å². The fraction of sp³-hybridized carbons (Fsp3) is 0.444. The van der Waals surface area contributed by atoms with Crippen LogP contribution in [0.4, 0.5) is 11.6 Å². The third-order valence-corrected chi connectivity index (χ3v) is 3.04. The Morgan fingerprint density at radius 2 is 2.13 bits per heavy atom. The van der Waals surface area contributed by atoms with Crippen molar-refractivity contribution < 1.29 is 0 Å². The average Bonchev–Trinajstić information content (AvgIpc) is 3.00. The van der Waals surface area contributed by atoms with Crippen LogP contribution in [-0.2, 0) is 0 Å². The van der Waals surface area contributed by atoms with E-state index in [-0.39, 0.29) is 0 Å². The number of halogens is 2. The molecule has 1 fully saturated rings. The molecule has 1 aliphatic rings. The second-order valence-corrected chi connectivity index (χ2v) is 4.43. The summed E-state index contributed by atoms with van der Waals surface area (Å²) in [5, 5.41) is 0.976. The minimum absolute atomic E-state index is 0.426. The monoisotopic (exact) mass is 246 g/mol. The lowest BCUT2D eigenvalue weighted by molar-refractivity contribution is 0.892. The van der Waals surface area contributed by atoms with Crippen LogP contribution < -0.4 is 16.2 Å². The fourth-order valence-electron chi connectivity index (χ4n) is 1.44. The first-order chi connectivity index (χ1) is 7.13. The second kappa shape index (κ2) is 4.04. The molecule has 0 amide bonds. The highest BCUT2D eigenvalue weighted by Crippen LogP contribution is 2.36. The van der Waals surface area contributed by atoms with E-state index in [1.165, 1.54) is 12.8 Å². The topological polar surface area (TPSA) is 54.2 Å². The van der Waals surface area contributed by atoms with Crippen LogP contribution in [0.25, 0.3) is 0 Å². The highest BCUT2D eigenvalue weighted by atomic mass is 35.5. The van der Waals surface area contributed by atoms with Crippen LogP contribution in [0.2, 0.25) is 10.0 Å². The molecule has 0 aromatic carbocycles. The zero-order chi connectivity index (χ0) is 11.0. The number of nitrogens with two attached hydrogens (primary N) is 1. The van der Waals surface area contributed by atoms with Crippen LogP contribution >= 0.6 is 23.2 Å². The lowest BCUT2D eigenvalue weighted by Gasteiger charge is -2.19. The normalized spacial score (nSPS) is 15.2. The maximum Gasteiger partial charge on any atom is 0.161 e. The molecule has 1 aliphatic carbocycles. The summed E-state index contributed by atoms with van der Waals surface area (Å²) in [5.74, 6) is 6.47. The molecule has 6 heteroatoms. The van der Waals surface area contributed by atoms with Gasteiger partial charge in [0.2, 0.25) is 0 Å². The van der Waals surface area contributed by atoms with Gasteiger partial charge in [0.1, 0.15) is 5.82 Å². The van der Waals surface area contributed by atoms with Gasteiger partial charge in [0, 0.05) is 13.1 Å². The molecule has 0 unspecified atom stereocenters. The van der Waals surface area contributed by atoms with E-state index < -0.39 is 0 Å². The molecule has 0 bridgehead atoms. The van der Waals surface area contributed by atoms with Gasteiger partial charge >= 0.3 is 0 Å². The Balaban J connectivity index is 2.36. The average molecular weight is 247 g/mol. The van der Waals surface area contributed by atoms with Crippen molar-refractivity contribution in [3.05, 3.63) is 16.1 Å². The van der Waals surface area contributed by atoms with Gasteiger partial charge in [-0.1, -0.05) is 23.2 Å². The molecule has 1 aromatic heterocycles. The van der Waals surface area contributed by atoms with E-state index >= 15 is 0 Å². The van der Waals surface area contributed by atoms with Crippen molar-refractivity contribution in [2.24, 2.45) is 5.84 Å². The largest absolute Gasteiger partial charge is 0.355 e. The van der Waals surface area contributed by atoms with Crippen LogP contribution in [0.15, 0.2) is 6.07 Å². The lowest BCUT2D eigenvalue weighted by Crippen LogP contribution is -2.22. The Kier molecular flexibility index (Phi) is 2.91. The van der Waals surface area contributed by atoms with Crippen molar-refractivity contribution in [2.45, 2.75) is 18.9 Å². The summed E-state index contributed by atoms with van der Waals surface area (Å²) in [4.78, 5) is 6.33. The molecule has 4 nitrogen and oxygen atoms in total. The first kappa shape index (κ1) is 10.8. The van der Waals surface area contributed by atoms with Gasteiger partial charge in [-0.15, -0.1) is 0 Å². The summed E-state index contributed by atoms with van der Waals surface area (Å²) in [6.45, 7) is 0. The molecular formula is C9H12Cl2N4. The smallest absolute Gasteiger partial charge is 0.161 e. The highest BCUT2D eigenvalue weighted by Gasteiger charge is 2.28. The summed E-state index contributed by atoms with van der Waals surface area (Å²) < 4.78 is 0. The molecule has 15 heavy (non-hydrogen) atoms. The zero-order valence-corrected chi connectivity index (χ0v) is 9.81. The van der Waals surface area contributed by atoms with E-state index in [4.69, 9.17) is 29.0 Å². The van der Waals surface area contributed by atoms with E-state index in [1.807, 2.05) is 7.05 Å². The number of rotatable bonds is 3. The summed E-state index contributed by atoms with van der Waals surface area (Å²) in [7, 11) is 1.97. The van der Waals surface area contributed by atoms with Gasteiger partial charge in [0.25, 0.3) is 0 Å². The van der Waals surface area contributed by atoms with Crippen LogP contribution in [0.5, 0.6) is 0 Å². The van der Waals surface area contributed by atoms with Crippen molar-refractivity contribution in [3.63, 3.8) is 0 Å². The van der Waals surface area contributed by atoms with Crippen molar-refractivity contribution in [3.8, 4) is 0 Å². The molecule has 0 atom stereocenters. The molecule has 0 aliphatic heterocycles. The van der Waals surface area contributed by atoms with E-state index in [1.54, 1.807) is 6.07 Å². The van der Waals surface area contributed by atoms with Gasteiger partial charge in [0.05, 0.1) is 10.0 Å². The third kappa shape index (κ3) is 2.12. The first-order valence-corrected chi connectivity index (χ1v) is 5.44. The minimum atomic E-state index is 0.426. The van der Waals surface area contributed by atoms with Gasteiger partial charge in [-0.3, -0.25) is 0 Å². The van der Waals surface area contributed by atoms with Crippen LogP contribution in [0.1, 0.15) is 12.8 Å². The van der Waals surface area contributed by atoms with Crippen molar-refractivity contribution in [1.29, 1.82) is 0 Å². The van der Waals surface area contributed by atoms with Crippen molar-refractivity contribution in [1.82, 2.24) is 4.98 Å². The van der Waals surface area contributed by atoms with Crippen LogP contribution in [0, 0.1) is 0 Å². The number of pyridine rings is 1. The summed E-state index contributed by atoms with van der Waals surface area (Å²) in [6.07, 6.45) is 2.37. The molecule has 2 rings (SSSR count). The van der Waals surface area contributed by atoms with Crippen LogP contribution in [-0.4, -0.2) is 18.1 Å². The number of nitrogens with zero attached hydrogens (tertiary/aromatic N) is 2. The molecular weight excluding hydrogens is 235 g/mol. The molecule has 82 valence electrons.